The maximum absolute atomic E-state index is 14.8. The van der Waals surface area contributed by atoms with Crippen LogP contribution in [-0.2, 0) is 0 Å². The molecule has 1 aromatic carbocycles. The van der Waals surface area contributed by atoms with Crippen molar-refractivity contribution in [2.24, 2.45) is 17.8 Å². The number of hydrogen-bond acceptors (Lipinski definition) is 3. The average Bonchev–Trinajstić information content (AvgIpc) is 2.79. The summed E-state index contributed by atoms with van der Waals surface area (Å²) in [5, 5.41) is 0.624. The van der Waals surface area contributed by atoms with Crippen LogP contribution in [0.3, 0.4) is 0 Å². The van der Waals surface area contributed by atoms with Crippen LogP contribution in [0.2, 0.25) is 0 Å². The SMILES string of the molecule is CCCOc1ccc2cc(C3CCC(C4CCC(CCC)CC4)CC3)oc(=O)c2c1F. The van der Waals surface area contributed by atoms with Gasteiger partial charge in [0.05, 0.1) is 6.61 Å². The Morgan fingerprint density at radius 3 is 2.29 bits per heavy atom. The van der Waals surface area contributed by atoms with Crippen molar-refractivity contribution in [1.29, 1.82) is 0 Å². The fourth-order valence-corrected chi connectivity index (χ4v) is 6.00. The van der Waals surface area contributed by atoms with Gasteiger partial charge in [-0.3, -0.25) is 0 Å². The van der Waals surface area contributed by atoms with E-state index in [1.165, 1.54) is 51.4 Å². The second-order valence-electron chi connectivity index (χ2n) is 9.81. The fourth-order valence-electron chi connectivity index (χ4n) is 6.00. The standard InChI is InChI=1S/C27H37FO3/c1-3-5-18-6-8-19(9-7-18)20-10-12-21(13-11-20)24-17-22-14-15-23(30-16-4-2)26(28)25(22)27(29)31-24/h14-15,17-21H,3-13,16H2,1-2H3. The molecule has 0 amide bonds. The Labute approximate surface area is 185 Å². The van der Waals surface area contributed by atoms with Crippen LogP contribution in [0.15, 0.2) is 27.4 Å². The summed E-state index contributed by atoms with van der Waals surface area (Å²) in [6.45, 7) is 4.69. The van der Waals surface area contributed by atoms with Crippen LogP contribution in [-0.4, -0.2) is 6.61 Å². The summed E-state index contributed by atoms with van der Waals surface area (Å²) in [7, 11) is 0. The van der Waals surface area contributed by atoms with Crippen LogP contribution in [0, 0.1) is 23.6 Å². The van der Waals surface area contributed by atoms with Gasteiger partial charge in [0.1, 0.15) is 11.1 Å². The van der Waals surface area contributed by atoms with Gasteiger partial charge in [0.2, 0.25) is 0 Å². The molecule has 4 heteroatoms. The largest absolute Gasteiger partial charge is 0.491 e. The van der Waals surface area contributed by atoms with Gasteiger partial charge in [-0.05, 0) is 80.2 Å². The molecule has 3 nitrogen and oxygen atoms in total. The predicted molar refractivity (Wildman–Crippen MR) is 123 cm³/mol. The number of fused-ring (bicyclic) bond motifs is 1. The van der Waals surface area contributed by atoms with Crippen LogP contribution < -0.4 is 10.4 Å². The minimum Gasteiger partial charge on any atom is -0.491 e. The summed E-state index contributed by atoms with van der Waals surface area (Å²) < 4.78 is 25.8. The third-order valence-corrected chi connectivity index (χ3v) is 7.74. The summed E-state index contributed by atoms with van der Waals surface area (Å²) in [6, 6.07) is 5.29. The number of ether oxygens (including phenoxy) is 1. The molecule has 0 N–H and O–H groups in total. The number of rotatable bonds is 7. The highest BCUT2D eigenvalue weighted by atomic mass is 19.1. The fraction of sp³-hybridized carbons (Fsp3) is 0.667. The summed E-state index contributed by atoms with van der Waals surface area (Å²) in [6.07, 6.45) is 13.7. The third kappa shape index (κ3) is 4.99. The van der Waals surface area contributed by atoms with E-state index >= 15 is 0 Å². The highest BCUT2D eigenvalue weighted by Crippen LogP contribution is 2.44. The van der Waals surface area contributed by atoms with Crippen LogP contribution in [0.1, 0.15) is 96.2 Å². The van der Waals surface area contributed by atoms with Crippen LogP contribution in [0.25, 0.3) is 10.8 Å². The lowest BCUT2D eigenvalue weighted by atomic mass is 9.68. The topological polar surface area (TPSA) is 39.4 Å². The lowest BCUT2D eigenvalue weighted by molar-refractivity contribution is 0.152. The van der Waals surface area contributed by atoms with E-state index in [-0.39, 0.29) is 17.1 Å². The molecule has 2 aliphatic carbocycles. The van der Waals surface area contributed by atoms with E-state index in [0.29, 0.717) is 12.0 Å². The zero-order chi connectivity index (χ0) is 21.8. The molecule has 0 spiro atoms. The Morgan fingerprint density at radius 1 is 0.968 bits per heavy atom. The number of benzene rings is 1. The second-order valence-corrected chi connectivity index (χ2v) is 9.81. The molecular weight excluding hydrogens is 391 g/mol. The van der Waals surface area contributed by atoms with E-state index < -0.39 is 11.4 Å². The Morgan fingerprint density at radius 2 is 1.65 bits per heavy atom. The average molecular weight is 429 g/mol. The molecule has 0 radical (unpaired) electrons. The molecule has 0 bridgehead atoms. The van der Waals surface area contributed by atoms with Crippen molar-refractivity contribution < 1.29 is 13.5 Å². The normalized spacial score (nSPS) is 26.8. The first-order chi connectivity index (χ1) is 15.1. The molecule has 0 saturated heterocycles. The van der Waals surface area contributed by atoms with E-state index in [2.05, 4.69) is 6.92 Å². The number of halogens is 1. The van der Waals surface area contributed by atoms with Gasteiger partial charge < -0.3 is 9.15 Å². The Balaban J connectivity index is 1.42. The first kappa shape index (κ1) is 22.4. The molecule has 31 heavy (non-hydrogen) atoms. The Kier molecular flexibility index (Phi) is 7.35. The highest BCUT2D eigenvalue weighted by Gasteiger charge is 2.32. The van der Waals surface area contributed by atoms with E-state index in [1.54, 1.807) is 12.1 Å². The minimum atomic E-state index is -0.603. The van der Waals surface area contributed by atoms with E-state index in [0.717, 1.165) is 42.8 Å². The Bertz CT molecular complexity index is 918. The van der Waals surface area contributed by atoms with Gasteiger partial charge in [0.25, 0.3) is 0 Å². The van der Waals surface area contributed by atoms with Gasteiger partial charge in [-0.25, -0.2) is 9.18 Å². The van der Waals surface area contributed by atoms with Crippen molar-refractivity contribution in [3.05, 3.63) is 40.2 Å². The summed E-state index contributed by atoms with van der Waals surface area (Å²) in [5.74, 6) is 3.18. The molecular formula is C27H37FO3. The molecule has 2 aliphatic rings. The van der Waals surface area contributed by atoms with Gasteiger partial charge in [0, 0.05) is 5.92 Å². The molecule has 2 fully saturated rings. The lowest BCUT2D eigenvalue weighted by Crippen LogP contribution is -2.25. The first-order valence-corrected chi connectivity index (χ1v) is 12.5. The zero-order valence-corrected chi connectivity index (χ0v) is 19.1. The minimum absolute atomic E-state index is 0.00915. The van der Waals surface area contributed by atoms with Crippen molar-refractivity contribution in [2.45, 2.75) is 90.4 Å². The van der Waals surface area contributed by atoms with Crippen molar-refractivity contribution in [3.8, 4) is 5.75 Å². The van der Waals surface area contributed by atoms with Crippen molar-refractivity contribution in [1.82, 2.24) is 0 Å². The van der Waals surface area contributed by atoms with Gasteiger partial charge in [-0.15, -0.1) is 0 Å². The van der Waals surface area contributed by atoms with Crippen LogP contribution in [0.4, 0.5) is 4.39 Å². The van der Waals surface area contributed by atoms with Crippen LogP contribution >= 0.6 is 0 Å². The summed E-state index contributed by atoms with van der Waals surface area (Å²) >= 11 is 0. The molecule has 0 atom stereocenters. The van der Waals surface area contributed by atoms with Gasteiger partial charge in [0.15, 0.2) is 11.6 Å². The zero-order valence-electron chi connectivity index (χ0n) is 19.1. The van der Waals surface area contributed by atoms with E-state index in [9.17, 15) is 9.18 Å². The highest BCUT2D eigenvalue weighted by molar-refractivity contribution is 5.83. The molecule has 1 heterocycles. The molecule has 4 rings (SSSR count). The van der Waals surface area contributed by atoms with E-state index in [4.69, 9.17) is 9.15 Å². The maximum atomic E-state index is 14.8. The molecule has 0 aliphatic heterocycles. The maximum Gasteiger partial charge on any atom is 0.346 e. The lowest BCUT2D eigenvalue weighted by Gasteiger charge is -2.37. The third-order valence-electron chi connectivity index (χ3n) is 7.74. The summed E-state index contributed by atoms with van der Waals surface area (Å²) in [4.78, 5) is 12.6. The molecule has 1 aromatic heterocycles. The molecule has 2 aromatic rings. The quantitative estimate of drug-likeness (QED) is 0.456. The number of hydrogen-bond donors (Lipinski definition) is 0. The molecule has 2 saturated carbocycles. The van der Waals surface area contributed by atoms with Gasteiger partial charge in [-0.2, -0.15) is 0 Å². The van der Waals surface area contributed by atoms with E-state index in [1.807, 2.05) is 13.0 Å². The smallest absolute Gasteiger partial charge is 0.346 e. The second kappa shape index (κ2) is 10.2. The van der Waals surface area contributed by atoms with Crippen molar-refractivity contribution in [3.63, 3.8) is 0 Å². The molecule has 0 unspecified atom stereocenters. The summed E-state index contributed by atoms with van der Waals surface area (Å²) in [5.41, 5.74) is -0.580. The van der Waals surface area contributed by atoms with Crippen molar-refractivity contribution >= 4 is 10.8 Å². The van der Waals surface area contributed by atoms with Gasteiger partial charge in [-0.1, -0.05) is 45.6 Å². The Hall–Kier alpha value is -1.84. The predicted octanol–water partition coefficient (Wildman–Crippen LogP) is 7.60. The van der Waals surface area contributed by atoms with Crippen LogP contribution in [0.5, 0.6) is 5.75 Å². The van der Waals surface area contributed by atoms with Crippen molar-refractivity contribution in [2.75, 3.05) is 6.61 Å². The van der Waals surface area contributed by atoms with Gasteiger partial charge >= 0.3 is 5.63 Å². The monoisotopic (exact) mass is 428 g/mol. The molecule has 170 valence electrons. The first-order valence-electron chi connectivity index (χ1n) is 12.5.